The van der Waals surface area contributed by atoms with Crippen LogP contribution in [0.2, 0.25) is 0 Å². The minimum atomic E-state index is -0.793. The molecule has 0 saturated carbocycles. The minimum absolute atomic E-state index is 0.0618. The molecule has 1 saturated heterocycles. The third-order valence-electron chi connectivity index (χ3n) is 3.53. The van der Waals surface area contributed by atoms with Crippen molar-refractivity contribution in [1.29, 1.82) is 0 Å². The van der Waals surface area contributed by atoms with E-state index < -0.39 is 5.54 Å². The number of nitrogens with one attached hydrogen (secondary N) is 1. The first-order valence-corrected chi connectivity index (χ1v) is 7.24. The quantitative estimate of drug-likeness (QED) is 0.894. The van der Waals surface area contributed by atoms with E-state index in [0.29, 0.717) is 26.1 Å². The summed E-state index contributed by atoms with van der Waals surface area (Å²) in [7, 11) is 0. The maximum atomic E-state index is 12.3. The molecular formula is C14H19BrN2O2. The molecule has 0 radical (unpaired) electrons. The van der Waals surface area contributed by atoms with Gasteiger partial charge in [-0.1, -0.05) is 28.1 Å². The first-order valence-electron chi connectivity index (χ1n) is 6.44. The molecule has 1 unspecified atom stereocenters. The number of hydrogen-bond acceptors (Lipinski definition) is 3. The van der Waals surface area contributed by atoms with E-state index in [0.717, 1.165) is 10.0 Å². The monoisotopic (exact) mass is 326 g/mol. The van der Waals surface area contributed by atoms with Gasteiger partial charge in [-0.3, -0.25) is 4.79 Å². The second kappa shape index (κ2) is 6.03. The summed E-state index contributed by atoms with van der Waals surface area (Å²) >= 11 is 3.43. The molecule has 3 N–H and O–H groups in total. The molecule has 104 valence electrons. The van der Waals surface area contributed by atoms with Crippen molar-refractivity contribution in [3.05, 3.63) is 34.3 Å². The Labute approximate surface area is 121 Å². The van der Waals surface area contributed by atoms with E-state index in [1.165, 1.54) is 0 Å². The van der Waals surface area contributed by atoms with Crippen LogP contribution in [0, 0.1) is 0 Å². The number of halogens is 1. The third-order valence-corrected chi connectivity index (χ3v) is 4.03. The van der Waals surface area contributed by atoms with Crippen LogP contribution < -0.4 is 11.1 Å². The molecule has 1 aromatic rings. The van der Waals surface area contributed by atoms with Crippen LogP contribution in [0.4, 0.5) is 0 Å². The number of benzene rings is 1. The highest BCUT2D eigenvalue weighted by Gasteiger charge is 2.36. The summed E-state index contributed by atoms with van der Waals surface area (Å²) in [5.41, 5.74) is 6.42. The largest absolute Gasteiger partial charge is 0.381 e. The van der Waals surface area contributed by atoms with Crippen molar-refractivity contribution in [3.8, 4) is 0 Å². The molecule has 1 fully saturated rings. The maximum absolute atomic E-state index is 12.3. The van der Waals surface area contributed by atoms with Gasteiger partial charge in [-0.05, 0) is 37.5 Å². The lowest BCUT2D eigenvalue weighted by Gasteiger charge is -2.33. The second-order valence-corrected chi connectivity index (χ2v) is 5.93. The number of ether oxygens (including phenoxy) is 1. The first kappa shape index (κ1) is 14.5. The van der Waals surface area contributed by atoms with E-state index in [-0.39, 0.29) is 11.9 Å². The molecule has 1 amide bonds. The lowest BCUT2D eigenvalue weighted by Crippen LogP contribution is -2.57. The van der Waals surface area contributed by atoms with Crippen LogP contribution in [-0.4, -0.2) is 24.7 Å². The van der Waals surface area contributed by atoms with Crippen LogP contribution >= 0.6 is 15.9 Å². The van der Waals surface area contributed by atoms with Crippen molar-refractivity contribution in [1.82, 2.24) is 5.32 Å². The normalized spacial score (nSPS) is 19.7. The van der Waals surface area contributed by atoms with Crippen LogP contribution in [-0.2, 0) is 9.53 Å². The predicted molar refractivity (Wildman–Crippen MR) is 77.7 cm³/mol. The number of rotatable bonds is 3. The van der Waals surface area contributed by atoms with Crippen LogP contribution in [0.15, 0.2) is 28.7 Å². The zero-order chi connectivity index (χ0) is 13.9. The average Bonchev–Trinajstić information content (AvgIpc) is 2.39. The van der Waals surface area contributed by atoms with Crippen molar-refractivity contribution < 1.29 is 9.53 Å². The number of carbonyl (C=O) groups excluding carboxylic acids is 1. The van der Waals surface area contributed by atoms with Gasteiger partial charge in [0.2, 0.25) is 5.91 Å². The van der Waals surface area contributed by atoms with E-state index in [1.807, 2.05) is 31.2 Å². The molecule has 4 nitrogen and oxygen atoms in total. The zero-order valence-electron chi connectivity index (χ0n) is 11.0. The van der Waals surface area contributed by atoms with Gasteiger partial charge in [0, 0.05) is 17.7 Å². The lowest BCUT2D eigenvalue weighted by molar-refractivity contribution is -0.130. The van der Waals surface area contributed by atoms with Crippen molar-refractivity contribution in [2.24, 2.45) is 5.73 Å². The molecule has 19 heavy (non-hydrogen) atoms. The topological polar surface area (TPSA) is 64.4 Å². The summed E-state index contributed by atoms with van der Waals surface area (Å²) in [5, 5.41) is 2.99. The van der Waals surface area contributed by atoms with E-state index in [9.17, 15) is 4.79 Å². The predicted octanol–water partition coefficient (Wildman–Crippen LogP) is 2.13. The number of amides is 1. The first-order chi connectivity index (χ1) is 9.01. The van der Waals surface area contributed by atoms with E-state index >= 15 is 0 Å². The fraction of sp³-hybridized carbons (Fsp3) is 0.500. The van der Waals surface area contributed by atoms with E-state index in [2.05, 4.69) is 21.2 Å². The van der Waals surface area contributed by atoms with Crippen molar-refractivity contribution in [2.75, 3.05) is 13.2 Å². The van der Waals surface area contributed by atoms with Crippen molar-refractivity contribution >= 4 is 21.8 Å². The van der Waals surface area contributed by atoms with Crippen LogP contribution in [0.1, 0.15) is 31.4 Å². The lowest BCUT2D eigenvalue weighted by atomic mass is 9.90. The van der Waals surface area contributed by atoms with Gasteiger partial charge in [0.05, 0.1) is 11.6 Å². The van der Waals surface area contributed by atoms with E-state index in [4.69, 9.17) is 10.5 Å². The van der Waals surface area contributed by atoms with Gasteiger partial charge in [0.1, 0.15) is 0 Å². The molecule has 2 rings (SSSR count). The molecule has 1 atom stereocenters. The van der Waals surface area contributed by atoms with Crippen molar-refractivity contribution in [3.63, 3.8) is 0 Å². The Kier molecular flexibility index (Phi) is 4.60. The summed E-state index contributed by atoms with van der Waals surface area (Å²) in [4.78, 5) is 12.3. The highest BCUT2D eigenvalue weighted by molar-refractivity contribution is 9.10. The van der Waals surface area contributed by atoms with Gasteiger partial charge in [-0.2, -0.15) is 0 Å². The Morgan fingerprint density at radius 2 is 2.16 bits per heavy atom. The smallest absolute Gasteiger partial charge is 0.240 e. The fourth-order valence-corrected chi connectivity index (χ4v) is 2.58. The van der Waals surface area contributed by atoms with Gasteiger partial charge in [0.15, 0.2) is 0 Å². The molecule has 5 heteroatoms. The van der Waals surface area contributed by atoms with Gasteiger partial charge >= 0.3 is 0 Å². The minimum Gasteiger partial charge on any atom is -0.381 e. The Bertz CT molecular complexity index is 459. The number of hydrogen-bond donors (Lipinski definition) is 2. The van der Waals surface area contributed by atoms with E-state index in [1.54, 1.807) is 0 Å². The highest BCUT2D eigenvalue weighted by atomic mass is 79.9. The van der Waals surface area contributed by atoms with Gasteiger partial charge in [-0.15, -0.1) is 0 Å². The SMILES string of the molecule is CC(NC(=O)C1(N)CCOCC1)c1cccc(Br)c1. The molecule has 0 spiro atoms. The molecule has 1 heterocycles. The Morgan fingerprint density at radius 3 is 2.79 bits per heavy atom. The molecule has 0 bridgehead atoms. The molecule has 0 aliphatic carbocycles. The summed E-state index contributed by atoms with van der Waals surface area (Å²) in [5.74, 6) is -0.0942. The standard InChI is InChI=1S/C14H19BrN2O2/c1-10(11-3-2-4-12(15)9-11)17-13(18)14(16)5-7-19-8-6-14/h2-4,9-10H,5-8,16H2,1H3,(H,17,18). The zero-order valence-corrected chi connectivity index (χ0v) is 12.6. The van der Waals surface area contributed by atoms with Crippen molar-refractivity contribution in [2.45, 2.75) is 31.3 Å². The molecule has 1 aliphatic rings. The highest BCUT2D eigenvalue weighted by Crippen LogP contribution is 2.21. The maximum Gasteiger partial charge on any atom is 0.240 e. The molecule has 1 aromatic carbocycles. The Hall–Kier alpha value is -0.910. The fourth-order valence-electron chi connectivity index (χ4n) is 2.16. The van der Waals surface area contributed by atoms with Crippen LogP contribution in [0.5, 0.6) is 0 Å². The summed E-state index contributed by atoms with van der Waals surface area (Å²) in [6.07, 6.45) is 1.15. The van der Waals surface area contributed by atoms with Gasteiger partial charge in [-0.25, -0.2) is 0 Å². The molecular weight excluding hydrogens is 308 g/mol. The Balaban J connectivity index is 2.02. The second-order valence-electron chi connectivity index (χ2n) is 5.02. The van der Waals surface area contributed by atoms with Gasteiger partial charge in [0.25, 0.3) is 0 Å². The van der Waals surface area contributed by atoms with Crippen LogP contribution in [0.3, 0.4) is 0 Å². The van der Waals surface area contributed by atoms with Gasteiger partial charge < -0.3 is 15.8 Å². The summed E-state index contributed by atoms with van der Waals surface area (Å²) < 4.78 is 6.25. The average molecular weight is 327 g/mol. The Morgan fingerprint density at radius 1 is 1.47 bits per heavy atom. The number of nitrogens with two attached hydrogens (primary N) is 1. The summed E-state index contributed by atoms with van der Waals surface area (Å²) in [6.45, 7) is 3.06. The molecule has 0 aromatic heterocycles. The third kappa shape index (κ3) is 3.55. The number of carbonyl (C=O) groups is 1. The van der Waals surface area contributed by atoms with Crippen LogP contribution in [0.25, 0.3) is 0 Å². The molecule has 1 aliphatic heterocycles. The summed E-state index contributed by atoms with van der Waals surface area (Å²) in [6, 6.07) is 7.84.